The molecule has 0 saturated carbocycles. The molecule has 2 aliphatic rings. The first-order valence-corrected chi connectivity index (χ1v) is 10.7. The van der Waals surface area contributed by atoms with Gasteiger partial charge < -0.3 is 9.42 Å². The molecule has 0 radical (unpaired) electrons. The first-order chi connectivity index (χ1) is 12.9. The van der Waals surface area contributed by atoms with E-state index in [0.717, 1.165) is 24.8 Å². The van der Waals surface area contributed by atoms with Crippen LogP contribution >= 0.6 is 0 Å². The number of aromatic nitrogens is 1. The molecule has 4 rings (SSSR count). The van der Waals surface area contributed by atoms with Crippen molar-refractivity contribution in [3.63, 3.8) is 0 Å². The lowest BCUT2D eigenvalue weighted by molar-refractivity contribution is 0.0754. The smallest absolute Gasteiger partial charge is 0.276 e. The maximum Gasteiger partial charge on any atom is 0.276 e. The maximum absolute atomic E-state index is 13.1. The van der Waals surface area contributed by atoms with Crippen LogP contribution in [-0.2, 0) is 22.9 Å². The Morgan fingerprint density at radius 2 is 1.85 bits per heavy atom. The summed E-state index contributed by atoms with van der Waals surface area (Å²) in [6.07, 6.45) is 3.64. The quantitative estimate of drug-likeness (QED) is 0.802. The van der Waals surface area contributed by atoms with Crippen molar-refractivity contribution in [1.82, 2.24) is 14.4 Å². The van der Waals surface area contributed by atoms with Gasteiger partial charge in [0, 0.05) is 32.2 Å². The minimum Gasteiger partial charge on any atom is -0.361 e. The van der Waals surface area contributed by atoms with E-state index < -0.39 is 10.0 Å². The molecule has 0 spiro atoms. The second-order valence-electron chi connectivity index (χ2n) is 7.16. The van der Waals surface area contributed by atoms with Crippen LogP contribution in [0.4, 0.5) is 0 Å². The van der Waals surface area contributed by atoms with Gasteiger partial charge in [-0.25, -0.2) is 8.42 Å². The Morgan fingerprint density at radius 1 is 1.04 bits per heavy atom. The zero-order valence-electron chi connectivity index (χ0n) is 15.3. The van der Waals surface area contributed by atoms with Crippen LogP contribution in [0.1, 0.15) is 40.2 Å². The fourth-order valence-electron chi connectivity index (χ4n) is 3.82. The number of fused-ring (bicyclic) bond motifs is 1. The summed E-state index contributed by atoms with van der Waals surface area (Å²) in [5, 5.41) is 3.77. The molecule has 0 bridgehead atoms. The number of sulfonamides is 1. The lowest BCUT2D eigenvalue weighted by Gasteiger charge is -2.21. The number of aryl methyl sites for hydroxylation is 3. The average molecular weight is 389 g/mol. The highest BCUT2D eigenvalue weighted by Crippen LogP contribution is 2.26. The van der Waals surface area contributed by atoms with Crippen molar-refractivity contribution in [2.45, 2.75) is 37.5 Å². The van der Waals surface area contributed by atoms with Gasteiger partial charge in [-0.15, -0.1) is 0 Å². The molecule has 8 heteroatoms. The van der Waals surface area contributed by atoms with Gasteiger partial charge in [-0.1, -0.05) is 11.2 Å². The van der Waals surface area contributed by atoms with E-state index in [1.807, 2.05) is 12.1 Å². The Balaban J connectivity index is 1.49. The number of benzene rings is 1. The lowest BCUT2D eigenvalue weighted by Crippen LogP contribution is -2.37. The standard InChI is InChI=1S/C19H23N3O4S/c1-14-12-18(20-26-14)19(23)21-8-3-9-22(11-10-21)27(24,25)17-7-6-15-4-2-5-16(15)13-17/h6-7,12-13H,2-5,8-11H2,1H3. The van der Waals surface area contributed by atoms with Crippen molar-refractivity contribution in [3.05, 3.63) is 46.8 Å². The fourth-order valence-corrected chi connectivity index (χ4v) is 5.34. The van der Waals surface area contributed by atoms with Crippen molar-refractivity contribution in [3.8, 4) is 0 Å². The topological polar surface area (TPSA) is 83.7 Å². The summed E-state index contributed by atoms with van der Waals surface area (Å²) >= 11 is 0. The van der Waals surface area contributed by atoms with Crippen molar-refractivity contribution < 1.29 is 17.7 Å². The summed E-state index contributed by atoms with van der Waals surface area (Å²) in [5.74, 6) is 0.359. The van der Waals surface area contributed by atoms with E-state index in [0.29, 0.717) is 36.7 Å². The average Bonchev–Trinajstić information content (AvgIpc) is 3.22. The molecule has 144 valence electrons. The van der Waals surface area contributed by atoms with Crippen molar-refractivity contribution in [2.75, 3.05) is 26.2 Å². The van der Waals surface area contributed by atoms with Crippen molar-refractivity contribution in [1.29, 1.82) is 0 Å². The van der Waals surface area contributed by atoms with Crippen LogP contribution in [0.2, 0.25) is 0 Å². The Bertz CT molecular complexity index is 967. The third kappa shape index (κ3) is 3.51. The number of rotatable bonds is 3. The number of carbonyl (C=O) groups is 1. The Kier molecular flexibility index (Phi) is 4.77. The largest absolute Gasteiger partial charge is 0.361 e. The lowest BCUT2D eigenvalue weighted by atomic mass is 10.1. The minimum absolute atomic E-state index is 0.219. The van der Waals surface area contributed by atoms with Gasteiger partial charge in [0.25, 0.3) is 5.91 Å². The molecular weight excluding hydrogens is 366 g/mol. The molecule has 1 aromatic heterocycles. The van der Waals surface area contributed by atoms with Crippen LogP contribution in [0.25, 0.3) is 0 Å². The van der Waals surface area contributed by atoms with Gasteiger partial charge >= 0.3 is 0 Å². The second-order valence-corrected chi connectivity index (χ2v) is 9.09. The molecular formula is C19H23N3O4S. The molecule has 1 aromatic carbocycles. The molecule has 2 heterocycles. The van der Waals surface area contributed by atoms with E-state index in [4.69, 9.17) is 4.52 Å². The summed E-state index contributed by atoms with van der Waals surface area (Å²) < 4.78 is 32.6. The van der Waals surface area contributed by atoms with Gasteiger partial charge in [0.2, 0.25) is 10.0 Å². The molecule has 0 atom stereocenters. The highest BCUT2D eigenvalue weighted by Gasteiger charge is 2.30. The molecule has 0 unspecified atom stereocenters. The van der Waals surface area contributed by atoms with Crippen LogP contribution in [0, 0.1) is 6.92 Å². The van der Waals surface area contributed by atoms with Gasteiger partial charge in [-0.05, 0) is 55.9 Å². The van der Waals surface area contributed by atoms with Crippen LogP contribution in [-0.4, -0.2) is 54.9 Å². The molecule has 1 fully saturated rings. The molecule has 7 nitrogen and oxygen atoms in total. The predicted molar refractivity (Wildman–Crippen MR) is 99.0 cm³/mol. The SMILES string of the molecule is Cc1cc(C(=O)N2CCCN(S(=O)(=O)c3ccc4c(c3)CCC4)CC2)no1. The predicted octanol–water partition coefficient (Wildman–Crippen LogP) is 2.01. The Labute approximate surface area is 159 Å². The third-order valence-corrected chi connectivity index (χ3v) is 7.19. The summed E-state index contributed by atoms with van der Waals surface area (Å²) in [4.78, 5) is 14.6. The van der Waals surface area contributed by atoms with E-state index in [2.05, 4.69) is 5.16 Å². The molecule has 0 N–H and O–H groups in total. The summed E-state index contributed by atoms with van der Waals surface area (Å²) in [7, 11) is -3.56. The highest BCUT2D eigenvalue weighted by molar-refractivity contribution is 7.89. The zero-order chi connectivity index (χ0) is 19.0. The Hall–Kier alpha value is -2.19. The van der Waals surface area contributed by atoms with Gasteiger partial charge in [0.1, 0.15) is 5.76 Å². The van der Waals surface area contributed by atoms with Gasteiger partial charge in [0.05, 0.1) is 4.90 Å². The van der Waals surface area contributed by atoms with Gasteiger partial charge in [0.15, 0.2) is 5.69 Å². The maximum atomic E-state index is 13.1. The van der Waals surface area contributed by atoms with E-state index in [-0.39, 0.29) is 18.1 Å². The number of nitrogens with zero attached hydrogens (tertiary/aromatic N) is 3. The van der Waals surface area contributed by atoms with Gasteiger partial charge in [-0.2, -0.15) is 4.31 Å². The van der Waals surface area contributed by atoms with Crippen LogP contribution in [0.3, 0.4) is 0 Å². The van der Waals surface area contributed by atoms with Crippen LogP contribution < -0.4 is 0 Å². The summed E-state index contributed by atoms with van der Waals surface area (Å²) in [6, 6.07) is 7.08. The monoisotopic (exact) mass is 389 g/mol. The second kappa shape index (κ2) is 7.09. The van der Waals surface area contributed by atoms with Crippen molar-refractivity contribution >= 4 is 15.9 Å². The van der Waals surface area contributed by atoms with E-state index in [1.54, 1.807) is 24.0 Å². The van der Waals surface area contributed by atoms with Crippen molar-refractivity contribution in [2.24, 2.45) is 0 Å². The van der Waals surface area contributed by atoms with Crippen LogP contribution in [0.5, 0.6) is 0 Å². The third-order valence-electron chi connectivity index (χ3n) is 5.30. The Morgan fingerprint density at radius 3 is 2.63 bits per heavy atom. The molecule has 1 aliphatic heterocycles. The highest BCUT2D eigenvalue weighted by atomic mass is 32.2. The summed E-state index contributed by atoms with van der Waals surface area (Å²) in [5.41, 5.74) is 2.66. The number of hydrogen-bond donors (Lipinski definition) is 0. The molecule has 27 heavy (non-hydrogen) atoms. The van der Waals surface area contributed by atoms with E-state index >= 15 is 0 Å². The fraction of sp³-hybridized carbons (Fsp3) is 0.474. The molecule has 2 aromatic rings. The van der Waals surface area contributed by atoms with Gasteiger partial charge in [-0.3, -0.25) is 4.79 Å². The summed E-state index contributed by atoms with van der Waals surface area (Å²) in [6.45, 7) is 3.26. The normalized spacial score (nSPS) is 18.3. The van der Waals surface area contributed by atoms with Crippen LogP contribution in [0.15, 0.2) is 33.7 Å². The van der Waals surface area contributed by atoms with E-state index in [9.17, 15) is 13.2 Å². The van der Waals surface area contributed by atoms with E-state index in [1.165, 1.54) is 9.87 Å². The minimum atomic E-state index is -3.56. The molecule has 1 aliphatic carbocycles. The molecule has 1 amide bonds. The number of hydrogen-bond acceptors (Lipinski definition) is 5. The number of amides is 1. The first-order valence-electron chi connectivity index (χ1n) is 9.30. The zero-order valence-corrected chi connectivity index (χ0v) is 16.2. The number of carbonyl (C=O) groups excluding carboxylic acids is 1. The molecule has 1 saturated heterocycles. The first kappa shape index (κ1) is 18.2.